The van der Waals surface area contributed by atoms with Gasteiger partial charge < -0.3 is 15.2 Å². The minimum Gasteiger partial charge on any atom is -0.491 e. The second-order valence-corrected chi connectivity index (χ2v) is 5.20. The predicted molar refractivity (Wildman–Crippen MR) is 82.6 cm³/mol. The van der Waals surface area contributed by atoms with E-state index in [1.54, 1.807) is 43.3 Å². The van der Waals surface area contributed by atoms with E-state index in [2.05, 4.69) is 5.32 Å². The Morgan fingerprint density at radius 3 is 2.81 bits per heavy atom. The van der Waals surface area contributed by atoms with Crippen LogP contribution in [-0.2, 0) is 0 Å². The third-order valence-electron chi connectivity index (χ3n) is 2.95. The number of hydrogen-bond acceptors (Lipinski definition) is 3. The fourth-order valence-corrected chi connectivity index (χ4v) is 1.93. The van der Waals surface area contributed by atoms with Gasteiger partial charge in [-0.25, -0.2) is 4.39 Å². The molecule has 1 atom stereocenters. The van der Waals surface area contributed by atoms with Crippen molar-refractivity contribution < 1.29 is 14.2 Å². The molecule has 2 N–H and O–H groups in total. The van der Waals surface area contributed by atoms with Crippen LogP contribution in [-0.4, -0.2) is 24.4 Å². The molecule has 21 heavy (non-hydrogen) atoms. The highest BCUT2D eigenvalue weighted by Crippen LogP contribution is 2.17. The summed E-state index contributed by atoms with van der Waals surface area (Å²) in [5.41, 5.74) is 1.21. The number of benzene rings is 2. The zero-order valence-electron chi connectivity index (χ0n) is 11.6. The third-order valence-corrected chi connectivity index (χ3v) is 3.19. The van der Waals surface area contributed by atoms with Crippen molar-refractivity contribution in [1.29, 1.82) is 0 Å². The van der Waals surface area contributed by atoms with Crippen molar-refractivity contribution in [2.75, 3.05) is 18.5 Å². The maximum absolute atomic E-state index is 13.4. The molecule has 5 heteroatoms. The minimum atomic E-state index is -0.714. The molecule has 0 heterocycles. The summed E-state index contributed by atoms with van der Waals surface area (Å²) in [6.45, 7) is 2.09. The topological polar surface area (TPSA) is 41.5 Å². The van der Waals surface area contributed by atoms with Crippen LogP contribution >= 0.6 is 11.6 Å². The predicted octanol–water partition coefficient (Wildman–Crippen LogP) is 3.64. The smallest absolute Gasteiger partial charge is 0.128 e. The first kappa shape index (κ1) is 15.6. The molecule has 0 amide bonds. The largest absolute Gasteiger partial charge is 0.491 e. The lowest BCUT2D eigenvalue weighted by molar-refractivity contribution is 0.117. The molecular formula is C16H17ClFNO2. The average molecular weight is 310 g/mol. The zero-order chi connectivity index (χ0) is 15.2. The van der Waals surface area contributed by atoms with Gasteiger partial charge in [0.2, 0.25) is 0 Å². The Morgan fingerprint density at radius 2 is 2.10 bits per heavy atom. The van der Waals surface area contributed by atoms with Crippen LogP contribution in [0.2, 0.25) is 5.02 Å². The van der Waals surface area contributed by atoms with Crippen LogP contribution in [0.3, 0.4) is 0 Å². The van der Waals surface area contributed by atoms with Crippen molar-refractivity contribution in [2.45, 2.75) is 13.0 Å². The molecule has 0 aliphatic carbocycles. The van der Waals surface area contributed by atoms with E-state index < -0.39 is 6.10 Å². The van der Waals surface area contributed by atoms with E-state index in [0.717, 1.165) is 0 Å². The van der Waals surface area contributed by atoms with E-state index in [1.807, 2.05) is 0 Å². The lowest BCUT2D eigenvalue weighted by Crippen LogP contribution is -2.26. The molecule has 1 unspecified atom stereocenters. The summed E-state index contributed by atoms with van der Waals surface area (Å²) >= 11 is 5.84. The van der Waals surface area contributed by atoms with Gasteiger partial charge >= 0.3 is 0 Å². The summed E-state index contributed by atoms with van der Waals surface area (Å²) in [5.74, 6) is 0.326. The molecule has 0 aliphatic rings. The molecule has 2 rings (SSSR count). The van der Waals surface area contributed by atoms with E-state index in [0.29, 0.717) is 22.0 Å². The number of ether oxygens (including phenoxy) is 1. The second kappa shape index (κ2) is 7.29. The van der Waals surface area contributed by atoms with E-state index in [9.17, 15) is 9.50 Å². The summed E-state index contributed by atoms with van der Waals surface area (Å²) < 4.78 is 18.8. The van der Waals surface area contributed by atoms with Gasteiger partial charge in [-0.3, -0.25) is 0 Å². The van der Waals surface area contributed by atoms with Gasteiger partial charge in [0.25, 0.3) is 0 Å². The number of aliphatic hydroxyl groups excluding tert-OH is 1. The van der Waals surface area contributed by atoms with Crippen molar-refractivity contribution in [3.63, 3.8) is 0 Å². The Labute approximate surface area is 128 Å². The first-order valence-corrected chi connectivity index (χ1v) is 6.99. The zero-order valence-corrected chi connectivity index (χ0v) is 12.4. The number of aliphatic hydroxyl groups is 1. The highest BCUT2D eigenvalue weighted by molar-refractivity contribution is 6.30. The molecule has 112 valence electrons. The van der Waals surface area contributed by atoms with E-state index >= 15 is 0 Å². The number of halogens is 2. The van der Waals surface area contributed by atoms with E-state index in [1.165, 1.54) is 6.07 Å². The highest BCUT2D eigenvalue weighted by atomic mass is 35.5. The first-order chi connectivity index (χ1) is 10.0. The molecule has 0 aromatic heterocycles. The number of aryl methyl sites for hydroxylation is 1. The molecule has 0 radical (unpaired) electrons. The molecule has 3 nitrogen and oxygen atoms in total. The first-order valence-electron chi connectivity index (χ1n) is 6.61. The molecule has 0 saturated heterocycles. The lowest BCUT2D eigenvalue weighted by atomic mass is 10.2. The summed E-state index contributed by atoms with van der Waals surface area (Å²) in [7, 11) is 0. The molecule has 0 saturated carbocycles. The standard InChI is InChI=1S/C16H17ClFNO2/c1-11-5-6-13(8-16(11)18)19-9-14(20)10-21-15-4-2-3-12(17)7-15/h2-8,14,19-20H,9-10H2,1H3. The van der Waals surface area contributed by atoms with Crippen molar-refractivity contribution in [3.05, 3.63) is 58.9 Å². The summed E-state index contributed by atoms with van der Waals surface area (Å²) in [6.07, 6.45) is -0.714. The summed E-state index contributed by atoms with van der Waals surface area (Å²) in [5, 5.41) is 13.4. The molecular weight excluding hydrogens is 293 g/mol. The van der Waals surface area contributed by atoms with Gasteiger partial charge in [-0.05, 0) is 42.8 Å². The highest BCUT2D eigenvalue weighted by Gasteiger charge is 2.06. The van der Waals surface area contributed by atoms with Gasteiger partial charge in [0.15, 0.2) is 0 Å². The van der Waals surface area contributed by atoms with E-state index in [4.69, 9.17) is 16.3 Å². The Morgan fingerprint density at radius 1 is 1.29 bits per heavy atom. The maximum atomic E-state index is 13.4. The van der Waals surface area contributed by atoms with Gasteiger partial charge in [0, 0.05) is 17.3 Å². The summed E-state index contributed by atoms with van der Waals surface area (Å²) in [4.78, 5) is 0. The lowest BCUT2D eigenvalue weighted by Gasteiger charge is -2.14. The monoisotopic (exact) mass is 309 g/mol. The number of rotatable bonds is 6. The van der Waals surface area contributed by atoms with Crippen LogP contribution in [0.25, 0.3) is 0 Å². The average Bonchev–Trinajstić information content (AvgIpc) is 2.46. The number of hydrogen-bond donors (Lipinski definition) is 2. The molecule has 0 bridgehead atoms. The van der Waals surface area contributed by atoms with E-state index in [-0.39, 0.29) is 19.0 Å². The molecule has 0 fully saturated rings. The molecule has 0 spiro atoms. The van der Waals surface area contributed by atoms with Crippen LogP contribution in [0.15, 0.2) is 42.5 Å². The Hall–Kier alpha value is -1.78. The fourth-order valence-electron chi connectivity index (χ4n) is 1.75. The van der Waals surface area contributed by atoms with Crippen molar-refractivity contribution in [2.24, 2.45) is 0 Å². The fraction of sp³-hybridized carbons (Fsp3) is 0.250. The van der Waals surface area contributed by atoms with Crippen molar-refractivity contribution in [3.8, 4) is 5.75 Å². The molecule has 0 aliphatic heterocycles. The Kier molecular flexibility index (Phi) is 5.42. The quantitative estimate of drug-likeness (QED) is 0.856. The van der Waals surface area contributed by atoms with Crippen LogP contribution in [0, 0.1) is 12.7 Å². The van der Waals surface area contributed by atoms with Crippen LogP contribution in [0.4, 0.5) is 10.1 Å². The van der Waals surface area contributed by atoms with Crippen molar-refractivity contribution in [1.82, 2.24) is 0 Å². The Bertz CT molecular complexity index is 607. The van der Waals surface area contributed by atoms with Crippen LogP contribution < -0.4 is 10.1 Å². The molecule has 2 aromatic carbocycles. The van der Waals surface area contributed by atoms with Gasteiger partial charge in [0.1, 0.15) is 24.3 Å². The third kappa shape index (κ3) is 4.92. The van der Waals surface area contributed by atoms with Crippen LogP contribution in [0.5, 0.6) is 5.75 Å². The number of nitrogens with one attached hydrogen (secondary N) is 1. The van der Waals surface area contributed by atoms with Gasteiger partial charge in [-0.15, -0.1) is 0 Å². The van der Waals surface area contributed by atoms with Gasteiger partial charge in [0.05, 0.1) is 0 Å². The maximum Gasteiger partial charge on any atom is 0.128 e. The SMILES string of the molecule is Cc1ccc(NCC(O)COc2cccc(Cl)c2)cc1F. The minimum absolute atomic E-state index is 0.127. The second-order valence-electron chi connectivity index (χ2n) is 4.77. The summed E-state index contributed by atoms with van der Waals surface area (Å²) in [6, 6.07) is 11.8. The van der Waals surface area contributed by atoms with Gasteiger partial charge in [-0.2, -0.15) is 0 Å². The van der Waals surface area contributed by atoms with Gasteiger partial charge in [-0.1, -0.05) is 23.7 Å². The Balaban J connectivity index is 1.79. The number of anilines is 1. The van der Waals surface area contributed by atoms with Crippen molar-refractivity contribution >= 4 is 17.3 Å². The van der Waals surface area contributed by atoms with Crippen LogP contribution in [0.1, 0.15) is 5.56 Å². The molecule has 2 aromatic rings. The normalized spacial score (nSPS) is 12.0.